The van der Waals surface area contributed by atoms with Gasteiger partial charge >= 0.3 is 0 Å². The molecule has 0 aliphatic rings. The molecule has 6 nitrogen and oxygen atoms in total. The van der Waals surface area contributed by atoms with Gasteiger partial charge in [-0.15, -0.1) is 24.0 Å². The van der Waals surface area contributed by atoms with E-state index in [4.69, 9.17) is 4.52 Å². The SMILES string of the molecule is CCNC(=NCC(C)c1ccccc1)NCCCc1nc(C)no1.I. The third-order valence-electron chi connectivity index (χ3n) is 3.67. The molecule has 1 unspecified atom stereocenters. The average molecular weight is 457 g/mol. The summed E-state index contributed by atoms with van der Waals surface area (Å²) in [5, 5.41) is 10.4. The lowest BCUT2D eigenvalue weighted by atomic mass is 10.0. The molecule has 7 heteroatoms. The maximum absolute atomic E-state index is 5.11. The molecule has 0 aliphatic heterocycles. The van der Waals surface area contributed by atoms with Crippen molar-refractivity contribution >= 4 is 29.9 Å². The third kappa shape index (κ3) is 7.85. The smallest absolute Gasteiger partial charge is 0.226 e. The Morgan fingerprint density at radius 2 is 2.00 bits per heavy atom. The number of aliphatic imine (C=N–C) groups is 1. The van der Waals surface area contributed by atoms with Crippen LogP contribution in [0.3, 0.4) is 0 Å². The molecule has 2 rings (SSSR count). The summed E-state index contributed by atoms with van der Waals surface area (Å²) in [5.41, 5.74) is 1.31. The van der Waals surface area contributed by atoms with Gasteiger partial charge in [-0.1, -0.05) is 42.4 Å². The predicted molar refractivity (Wildman–Crippen MR) is 112 cm³/mol. The van der Waals surface area contributed by atoms with Gasteiger partial charge in [0.2, 0.25) is 5.89 Å². The van der Waals surface area contributed by atoms with Crippen molar-refractivity contribution in [2.75, 3.05) is 19.6 Å². The number of benzene rings is 1. The van der Waals surface area contributed by atoms with Crippen LogP contribution in [0.15, 0.2) is 39.8 Å². The second kappa shape index (κ2) is 11.8. The van der Waals surface area contributed by atoms with E-state index in [1.165, 1.54) is 5.56 Å². The minimum Gasteiger partial charge on any atom is -0.357 e. The van der Waals surface area contributed by atoms with Gasteiger partial charge in [-0.25, -0.2) is 0 Å². The van der Waals surface area contributed by atoms with Crippen LogP contribution in [0.4, 0.5) is 0 Å². The fourth-order valence-corrected chi connectivity index (χ4v) is 2.34. The number of aromatic nitrogens is 2. The van der Waals surface area contributed by atoms with Gasteiger partial charge in [0, 0.05) is 32.0 Å². The Kier molecular flexibility index (Phi) is 10.1. The highest BCUT2D eigenvalue weighted by molar-refractivity contribution is 14.0. The van der Waals surface area contributed by atoms with E-state index in [-0.39, 0.29) is 24.0 Å². The molecule has 0 saturated carbocycles. The molecule has 0 fully saturated rings. The van der Waals surface area contributed by atoms with E-state index < -0.39 is 0 Å². The zero-order chi connectivity index (χ0) is 17.2. The summed E-state index contributed by atoms with van der Waals surface area (Å²) in [4.78, 5) is 8.89. The number of hydrogen-bond donors (Lipinski definition) is 2. The molecule has 0 aliphatic carbocycles. The summed E-state index contributed by atoms with van der Waals surface area (Å²) in [6, 6.07) is 10.5. The molecule has 2 N–H and O–H groups in total. The first-order chi connectivity index (χ1) is 11.7. The van der Waals surface area contributed by atoms with Crippen LogP contribution in [0.25, 0.3) is 0 Å². The van der Waals surface area contributed by atoms with Crippen molar-refractivity contribution in [1.82, 2.24) is 20.8 Å². The van der Waals surface area contributed by atoms with Crippen molar-refractivity contribution in [3.05, 3.63) is 47.6 Å². The van der Waals surface area contributed by atoms with E-state index in [0.29, 0.717) is 17.6 Å². The molecule has 1 heterocycles. The molecule has 0 bridgehead atoms. The quantitative estimate of drug-likeness (QED) is 0.276. The van der Waals surface area contributed by atoms with Crippen LogP contribution in [0.1, 0.15) is 43.5 Å². The molecule has 0 spiro atoms. The molecule has 138 valence electrons. The van der Waals surface area contributed by atoms with Gasteiger partial charge in [0.15, 0.2) is 11.8 Å². The van der Waals surface area contributed by atoms with Gasteiger partial charge in [-0.3, -0.25) is 4.99 Å². The lowest BCUT2D eigenvalue weighted by Crippen LogP contribution is -2.38. The van der Waals surface area contributed by atoms with E-state index in [9.17, 15) is 0 Å². The standard InChI is InChI=1S/C18H27N5O.HI/c1-4-19-18(20-12-8-11-17-22-15(3)23-24-17)21-13-14(2)16-9-6-5-7-10-16;/h5-7,9-10,14H,4,8,11-13H2,1-3H3,(H2,19,20,21);1H. The molecule has 0 amide bonds. The second-order valence-electron chi connectivity index (χ2n) is 5.80. The van der Waals surface area contributed by atoms with Gasteiger partial charge in [0.05, 0.1) is 0 Å². The minimum absolute atomic E-state index is 0. The van der Waals surface area contributed by atoms with Crippen LogP contribution in [-0.2, 0) is 6.42 Å². The van der Waals surface area contributed by atoms with Gasteiger partial charge in [0.1, 0.15) is 0 Å². The molecule has 1 atom stereocenters. The average Bonchev–Trinajstić information content (AvgIpc) is 3.02. The zero-order valence-electron chi connectivity index (χ0n) is 15.2. The number of hydrogen-bond acceptors (Lipinski definition) is 4. The molecule has 0 saturated heterocycles. The second-order valence-corrected chi connectivity index (χ2v) is 5.80. The van der Waals surface area contributed by atoms with E-state index in [2.05, 4.69) is 63.9 Å². The summed E-state index contributed by atoms with van der Waals surface area (Å²) in [5.74, 6) is 2.61. The maximum Gasteiger partial charge on any atom is 0.226 e. The van der Waals surface area contributed by atoms with E-state index in [1.54, 1.807) is 0 Å². The maximum atomic E-state index is 5.11. The number of nitrogens with zero attached hydrogens (tertiary/aromatic N) is 3. The topological polar surface area (TPSA) is 75.3 Å². The summed E-state index contributed by atoms with van der Waals surface area (Å²) in [7, 11) is 0. The number of nitrogens with one attached hydrogen (secondary N) is 2. The van der Waals surface area contributed by atoms with Crippen molar-refractivity contribution < 1.29 is 4.52 Å². The first-order valence-electron chi connectivity index (χ1n) is 8.55. The highest BCUT2D eigenvalue weighted by Crippen LogP contribution is 2.14. The lowest BCUT2D eigenvalue weighted by Gasteiger charge is -2.13. The normalized spacial score (nSPS) is 12.4. The van der Waals surface area contributed by atoms with Crippen LogP contribution >= 0.6 is 24.0 Å². The highest BCUT2D eigenvalue weighted by Gasteiger charge is 2.06. The van der Waals surface area contributed by atoms with Gasteiger partial charge in [0.25, 0.3) is 0 Å². The Bertz CT molecular complexity index is 629. The van der Waals surface area contributed by atoms with Crippen LogP contribution in [0, 0.1) is 6.92 Å². The number of aryl methyl sites for hydroxylation is 2. The van der Waals surface area contributed by atoms with Crippen LogP contribution in [0.2, 0.25) is 0 Å². The molecular weight excluding hydrogens is 429 g/mol. The lowest BCUT2D eigenvalue weighted by molar-refractivity contribution is 0.372. The fraction of sp³-hybridized carbons (Fsp3) is 0.500. The zero-order valence-corrected chi connectivity index (χ0v) is 17.5. The van der Waals surface area contributed by atoms with Gasteiger partial charge in [-0.05, 0) is 25.8 Å². The molecule has 2 aromatic rings. The molecule has 1 aromatic heterocycles. The van der Waals surface area contributed by atoms with E-state index in [0.717, 1.165) is 38.4 Å². The van der Waals surface area contributed by atoms with Crippen molar-refractivity contribution in [2.24, 2.45) is 4.99 Å². The molecular formula is C18H28IN5O. The number of halogens is 1. The van der Waals surface area contributed by atoms with Gasteiger partial charge in [-0.2, -0.15) is 4.98 Å². The summed E-state index contributed by atoms with van der Waals surface area (Å²) >= 11 is 0. The fourth-order valence-electron chi connectivity index (χ4n) is 2.34. The van der Waals surface area contributed by atoms with Crippen molar-refractivity contribution in [3.8, 4) is 0 Å². The van der Waals surface area contributed by atoms with Crippen molar-refractivity contribution in [1.29, 1.82) is 0 Å². The highest BCUT2D eigenvalue weighted by atomic mass is 127. The molecule has 1 aromatic carbocycles. The Hall–Kier alpha value is -1.64. The predicted octanol–water partition coefficient (Wildman–Crippen LogP) is 3.29. The first kappa shape index (κ1) is 21.4. The summed E-state index contributed by atoms with van der Waals surface area (Å²) < 4.78 is 5.11. The monoisotopic (exact) mass is 457 g/mol. The van der Waals surface area contributed by atoms with Crippen LogP contribution < -0.4 is 10.6 Å². The largest absolute Gasteiger partial charge is 0.357 e. The Morgan fingerprint density at radius 1 is 1.24 bits per heavy atom. The third-order valence-corrected chi connectivity index (χ3v) is 3.67. The number of rotatable bonds is 8. The minimum atomic E-state index is 0. The number of guanidine groups is 1. The first-order valence-corrected chi connectivity index (χ1v) is 8.55. The summed E-state index contributed by atoms with van der Waals surface area (Å²) in [6.07, 6.45) is 1.69. The van der Waals surface area contributed by atoms with Crippen LogP contribution in [-0.4, -0.2) is 35.7 Å². The Balaban J connectivity index is 0.00000312. The molecule has 0 radical (unpaired) electrons. The Morgan fingerprint density at radius 3 is 2.64 bits per heavy atom. The van der Waals surface area contributed by atoms with E-state index in [1.807, 2.05) is 13.0 Å². The molecule has 25 heavy (non-hydrogen) atoms. The van der Waals surface area contributed by atoms with Gasteiger partial charge < -0.3 is 15.2 Å². The summed E-state index contributed by atoms with van der Waals surface area (Å²) in [6.45, 7) is 8.50. The van der Waals surface area contributed by atoms with Crippen molar-refractivity contribution in [3.63, 3.8) is 0 Å². The van der Waals surface area contributed by atoms with Crippen molar-refractivity contribution in [2.45, 2.75) is 39.5 Å². The van der Waals surface area contributed by atoms with Crippen LogP contribution in [0.5, 0.6) is 0 Å². The Labute approximate surface area is 166 Å². The van der Waals surface area contributed by atoms with E-state index >= 15 is 0 Å².